The third kappa shape index (κ3) is 9.09. The van der Waals surface area contributed by atoms with Gasteiger partial charge in [-0.15, -0.1) is 10.2 Å². The van der Waals surface area contributed by atoms with E-state index < -0.39 is 60.3 Å². The number of benzene rings is 2. The Morgan fingerprint density at radius 3 is 2.21 bits per heavy atom. The Kier molecular flexibility index (Phi) is 12.0. The zero-order valence-electron chi connectivity index (χ0n) is 25.2. The van der Waals surface area contributed by atoms with Crippen molar-refractivity contribution in [2.45, 2.75) is 62.7 Å². The highest BCUT2D eigenvalue weighted by Gasteiger charge is 2.53. The topological polar surface area (TPSA) is 198 Å². The fraction of sp³-hybridized carbons (Fsp3) is 0.345. The molecule has 1 aliphatic rings. The summed E-state index contributed by atoms with van der Waals surface area (Å²) in [6, 6.07) is 9.57. The first-order chi connectivity index (χ1) is 22.2. The Hall–Kier alpha value is -4.00. The number of phenolic OH excluding ortho intramolecular Hbond substituents is 2. The molecule has 4 rings (SSSR count). The molecule has 15 nitrogen and oxygen atoms in total. The van der Waals surface area contributed by atoms with E-state index in [9.17, 15) is 29.4 Å². The lowest BCUT2D eigenvalue weighted by molar-refractivity contribution is -0.237. The summed E-state index contributed by atoms with van der Waals surface area (Å²) in [6.45, 7) is 4.12. The predicted molar refractivity (Wildman–Crippen MR) is 171 cm³/mol. The molecule has 5 atom stereocenters. The second-order valence-corrected chi connectivity index (χ2v) is 12.7. The molecule has 2 aromatic carbocycles. The maximum absolute atomic E-state index is 12.3. The number of phenols is 2. The number of carbonyl (C=O) groups is 4. The molecule has 0 bridgehead atoms. The average Bonchev–Trinajstić information content (AvgIpc) is 3.37. The summed E-state index contributed by atoms with van der Waals surface area (Å²) in [5.74, 6) is -3.13. The Labute approximate surface area is 288 Å². The van der Waals surface area contributed by atoms with Gasteiger partial charge in [-0.2, -0.15) is 9.78 Å². The number of aromatic hydroxyl groups is 2. The quantitative estimate of drug-likeness (QED) is 0.170. The minimum Gasteiger partial charge on any atom is -0.507 e. The standard InChI is InChI=1S/C29H28Br2N4O11S/c1-13(36)42-12-22-24(43-14(2)37)25(44-15(3)38)26(45-16(4)39)28(46-22)47-29-34-33-27(19-7-5-6-8-21(19)40)35(29)32-11-17-9-18(30)10-20(31)23(17)41/h5-11,22,24-26,28,40-41H,12H2,1-4H3/b32-11+/t22-,24-,25+,26-,28+/m0/s1. The molecule has 0 radical (unpaired) electrons. The van der Waals surface area contributed by atoms with Crippen LogP contribution in [0.1, 0.15) is 33.3 Å². The van der Waals surface area contributed by atoms with Crippen molar-refractivity contribution in [2.24, 2.45) is 5.10 Å². The van der Waals surface area contributed by atoms with Crippen molar-refractivity contribution in [3.63, 3.8) is 0 Å². The number of ether oxygens (including phenoxy) is 5. The van der Waals surface area contributed by atoms with E-state index in [1.54, 1.807) is 30.3 Å². The van der Waals surface area contributed by atoms with Crippen LogP contribution in [0.25, 0.3) is 11.4 Å². The van der Waals surface area contributed by atoms with Crippen LogP contribution < -0.4 is 0 Å². The molecule has 3 aromatic rings. The van der Waals surface area contributed by atoms with Crippen LogP contribution in [0.4, 0.5) is 0 Å². The number of hydrogen-bond acceptors (Lipinski definition) is 15. The van der Waals surface area contributed by atoms with E-state index in [0.717, 1.165) is 32.5 Å². The molecule has 0 spiro atoms. The van der Waals surface area contributed by atoms with Gasteiger partial charge in [0, 0.05) is 37.7 Å². The second-order valence-electron chi connectivity index (χ2n) is 9.89. The fourth-order valence-electron chi connectivity index (χ4n) is 4.47. The summed E-state index contributed by atoms with van der Waals surface area (Å²) >= 11 is 7.50. The first kappa shape index (κ1) is 35.8. The van der Waals surface area contributed by atoms with E-state index >= 15 is 0 Å². The molecule has 0 unspecified atom stereocenters. The van der Waals surface area contributed by atoms with Crippen LogP contribution in [0.2, 0.25) is 0 Å². The molecule has 47 heavy (non-hydrogen) atoms. The van der Waals surface area contributed by atoms with Gasteiger partial charge in [-0.1, -0.05) is 28.1 Å². The summed E-state index contributed by atoms with van der Waals surface area (Å²) in [7, 11) is 0. The van der Waals surface area contributed by atoms with Gasteiger partial charge in [-0.3, -0.25) is 19.2 Å². The highest BCUT2D eigenvalue weighted by Crippen LogP contribution is 2.39. The number of nitrogens with zero attached hydrogens (tertiary/aromatic N) is 4. The zero-order chi connectivity index (χ0) is 34.4. The molecule has 1 aromatic heterocycles. The van der Waals surface area contributed by atoms with Gasteiger partial charge in [0.05, 0.1) is 16.3 Å². The minimum absolute atomic E-state index is 0.0361. The lowest BCUT2D eigenvalue weighted by atomic mass is 9.99. The smallest absolute Gasteiger partial charge is 0.303 e. The summed E-state index contributed by atoms with van der Waals surface area (Å²) in [5.41, 5.74) is -0.684. The monoisotopic (exact) mass is 798 g/mol. The minimum atomic E-state index is -1.40. The Bertz CT molecular complexity index is 1700. The Balaban J connectivity index is 1.84. The molecule has 1 aliphatic heterocycles. The van der Waals surface area contributed by atoms with E-state index in [-0.39, 0.29) is 28.0 Å². The largest absolute Gasteiger partial charge is 0.507 e. The van der Waals surface area contributed by atoms with Crippen LogP contribution in [-0.2, 0) is 42.9 Å². The maximum atomic E-state index is 12.3. The molecule has 2 N–H and O–H groups in total. The first-order valence-electron chi connectivity index (χ1n) is 13.7. The van der Waals surface area contributed by atoms with Gasteiger partial charge in [0.1, 0.15) is 24.2 Å². The molecule has 0 saturated carbocycles. The molecular weight excluding hydrogens is 772 g/mol. The van der Waals surface area contributed by atoms with Gasteiger partial charge in [-0.05, 0) is 52.0 Å². The second kappa shape index (κ2) is 15.7. The summed E-state index contributed by atoms with van der Waals surface area (Å²) < 4.78 is 30.1. The molecular formula is C29H28Br2N4O11S. The summed E-state index contributed by atoms with van der Waals surface area (Å²) in [5, 5.41) is 34.2. The molecule has 1 fully saturated rings. The number of halogens is 2. The molecule has 0 aliphatic carbocycles. The number of esters is 4. The van der Waals surface area contributed by atoms with E-state index in [1.807, 2.05) is 0 Å². The highest BCUT2D eigenvalue weighted by molar-refractivity contribution is 9.11. The zero-order valence-corrected chi connectivity index (χ0v) is 29.1. The maximum Gasteiger partial charge on any atom is 0.303 e. The van der Waals surface area contributed by atoms with Gasteiger partial charge in [0.25, 0.3) is 0 Å². The van der Waals surface area contributed by atoms with Gasteiger partial charge >= 0.3 is 23.9 Å². The lowest BCUT2D eigenvalue weighted by Gasteiger charge is -2.43. The number of para-hydroxylation sites is 1. The number of aromatic nitrogens is 3. The molecule has 18 heteroatoms. The number of rotatable bonds is 10. The van der Waals surface area contributed by atoms with E-state index in [0.29, 0.717) is 14.5 Å². The van der Waals surface area contributed by atoms with E-state index in [1.165, 1.54) is 23.9 Å². The van der Waals surface area contributed by atoms with Crippen LogP contribution in [0.3, 0.4) is 0 Å². The number of hydrogen-bond donors (Lipinski definition) is 2. The van der Waals surface area contributed by atoms with Gasteiger partial charge in [0.15, 0.2) is 29.6 Å². The van der Waals surface area contributed by atoms with Crippen molar-refractivity contribution >= 4 is 73.7 Å². The van der Waals surface area contributed by atoms with Crippen molar-refractivity contribution < 1.29 is 53.1 Å². The van der Waals surface area contributed by atoms with E-state index in [4.69, 9.17) is 23.7 Å². The van der Waals surface area contributed by atoms with Gasteiger partial charge in [0.2, 0.25) is 5.16 Å². The predicted octanol–water partition coefficient (Wildman–Crippen LogP) is 3.94. The third-order valence-electron chi connectivity index (χ3n) is 6.30. The van der Waals surface area contributed by atoms with E-state index in [2.05, 4.69) is 47.2 Å². The SMILES string of the molecule is CC(=O)OC[C@@H]1O[C@H](Sc2nnc(-c3ccccc3O)n2/N=C/c2cc(Br)cc(Br)c2O)[C@@H](OC(C)=O)[C@H](OC(C)=O)[C@H]1OC(C)=O. The molecule has 2 heterocycles. The van der Waals surface area contributed by atoms with Gasteiger partial charge in [-0.25, -0.2) is 0 Å². The third-order valence-corrected chi connectivity index (χ3v) is 8.44. The van der Waals surface area contributed by atoms with Crippen molar-refractivity contribution in [3.8, 4) is 22.9 Å². The van der Waals surface area contributed by atoms with Crippen molar-refractivity contribution in [3.05, 3.63) is 50.9 Å². The lowest BCUT2D eigenvalue weighted by Crippen LogP contribution is -2.61. The Morgan fingerprint density at radius 2 is 1.57 bits per heavy atom. The summed E-state index contributed by atoms with van der Waals surface area (Å²) in [4.78, 5) is 48.3. The average molecular weight is 800 g/mol. The van der Waals surface area contributed by atoms with Crippen LogP contribution in [0.15, 0.2) is 55.6 Å². The first-order valence-corrected chi connectivity index (χ1v) is 16.1. The normalized spacial score (nSPS) is 20.9. The summed E-state index contributed by atoms with van der Waals surface area (Å²) in [6.07, 6.45) is -3.99. The molecule has 250 valence electrons. The van der Waals surface area contributed by atoms with Crippen LogP contribution in [0.5, 0.6) is 11.5 Å². The van der Waals surface area contributed by atoms with Crippen molar-refractivity contribution in [2.75, 3.05) is 6.61 Å². The van der Waals surface area contributed by atoms with Crippen molar-refractivity contribution in [1.29, 1.82) is 0 Å². The molecule has 1 saturated heterocycles. The molecule has 0 amide bonds. The Morgan fingerprint density at radius 1 is 0.936 bits per heavy atom. The van der Waals surface area contributed by atoms with Crippen molar-refractivity contribution in [1.82, 2.24) is 14.9 Å². The van der Waals surface area contributed by atoms with Crippen LogP contribution in [-0.4, -0.2) is 91.6 Å². The van der Waals surface area contributed by atoms with Crippen LogP contribution >= 0.6 is 43.6 Å². The highest BCUT2D eigenvalue weighted by atomic mass is 79.9. The number of thioether (sulfide) groups is 1. The van der Waals surface area contributed by atoms with Crippen LogP contribution in [0, 0.1) is 0 Å². The fourth-order valence-corrected chi connectivity index (χ4v) is 6.80. The van der Waals surface area contributed by atoms with Gasteiger partial charge < -0.3 is 33.9 Å². The number of carbonyl (C=O) groups excluding carboxylic acids is 4.